The SMILES string of the molecule is CC(c1ccc(N2CCC(NC(=O)O)C2=O)c(F)c1)N(C)C. The van der Waals surface area contributed by atoms with E-state index in [0.717, 1.165) is 5.56 Å². The minimum Gasteiger partial charge on any atom is -0.465 e. The molecule has 1 fully saturated rings. The van der Waals surface area contributed by atoms with E-state index in [-0.39, 0.29) is 11.7 Å². The van der Waals surface area contributed by atoms with Crippen LogP contribution in [0.25, 0.3) is 0 Å². The molecule has 0 aliphatic carbocycles. The molecule has 2 amide bonds. The van der Waals surface area contributed by atoms with E-state index < -0.39 is 23.9 Å². The first-order chi connectivity index (χ1) is 10.3. The summed E-state index contributed by atoms with van der Waals surface area (Å²) in [7, 11) is 3.81. The van der Waals surface area contributed by atoms with Crippen molar-refractivity contribution in [2.24, 2.45) is 0 Å². The van der Waals surface area contributed by atoms with Gasteiger partial charge in [-0.15, -0.1) is 0 Å². The maximum absolute atomic E-state index is 14.3. The van der Waals surface area contributed by atoms with E-state index in [4.69, 9.17) is 5.11 Å². The smallest absolute Gasteiger partial charge is 0.405 e. The first-order valence-electron chi connectivity index (χ1n) is 7.08. The van der Waals surface area contributed by atoms with Gasteiger partial charge in [0.05, 0.1) is 5.69 Å². The number of anilines is 1. The molecule has 120 valence electrons. The minimum absolute atomic E-state index is 0.0549. The van der Waals surface area contributed by atoms with Gasteiger partial charge in [-0.05, 0) is 45.1 Å². The highest BCUT2D eigenvalue weighted by Gasteiger charge is 2.34. The summed E-state index contributed by atoms with van der Waals surface area (Å²) in [4.78, 5) is 26.0. The monoisotopic (exact) mass is 309 g/mol. The Morgan fingerprint density at radius 3 is 2.73 bits per heavy atom. The van der Waals surface area contributed by atoms with Gasteiger partial charge in [-0.25, -0.2) is 9.18 Å². The number of carbonyl (C=O) groups excluding carboxylic acids is 1. The van der Waals surface area contributed by atoms with Crippen molar-refractivity contribution in [3.63, 3.8) is 0 Å². The number of benzene rings is 1. The van der Waals surface area contributed by atoms with Crippen LogP contribution in [-0.2, 0) is 4.79 Å². The maximum atomic E-state index is 14.3. The number of nitrogens with zero attached hydrogens (tertiary/aromatic N) is 2. The Bertz CT molecular complexity index is 591. The fourth-order valence-corrected chi connectivity index (χ4v) is 2.50. The lowest BCUT2D eigenvalue weighted by atomic mass is 10.1. The highest BCUT2D eigenvalue weighted by atomic mass is 19.1. The van der Waals surface area contributed by atoms with Gasteiger partial charge in [0.2, 0.25) is 5.91 Å². The molecule has 1 aromatic carbocycles. The molecule has 0 radical (unpaired) electrons. The Kier molecular flexibility index (Phi) is 4.65. The third-order valence-corrected chi connectivity index (χ3v) is 4.02. The summed E-state index contributed by atoms with van der Waals surface area (Å²) in [6.45, 7) is 2.26. The number of rotatable bonds is 4. The molecular weight excluding hydrogens is 289 g/mol. The highest BCUT2D eigenvalue weighted by molar-refractivity contribution is 6.00. The van der Waals surface area contributed by atoms with Gasteiger partial charge in [0.1, 0.15) is 11.9 Å². The van der Waals surface area contributed by atoms with Crippen molar-refractivity contribution in [2.75, 3.05) is 25.5 Å². The molecule has 1 aromatic rings. The lowest BCUT2D eigenvalue weighted by Gasteiger charge is -2.22. The molecular formula is C15H20FN3O3. The Balaban J connectivity index is 2.20. The molecule has 1 heterocycles. The van der Waals surface area contributed by atoms with Gasteiger partial charge in [-0.2, -0.15) is 0 Å². The van der Waals surface area contributed by atoms with Crippen LogP contribution in [0.3, 0.4) is 0 Å². The molecule has 7 heteroatoms. The molecule has 0 bridgehead atoms. The number of carbonyl (C=O) groups is 2. The van der Waals surface area contributed by atoms with Crippen molar-refractivity contribution in [2.45, 2.75) is 25.4 Å². The summed E-state index contributed by atoms with van der Waals surface area (Å²) in [6.07, 6.45) is -0.920. The lowest BCUT2D eigenvalue weighted by molar-refractivity contribution is -0.118. The maximum Gasteiger partial charge on any atom is 0.405 e. The number of halogens is 1. The fraction of sp³-hybridized carbons (Fsp3) is 0.467. The van der Waals surface area contributed by atoms with E-state index in [0.29, 0.717) is 13.0 Å². The van der Waals surface area contributed by atoms with Crippen LogP contribution < -0.4 is 10.2 Å². The van der Waals surface area contributed by atoms with Gasteiger partial charge in [-0.1, -0.05) is 6.07 Å². The van der Waals surface area contributed by atoms with Gasteiger partial charge in [0.15, 0.2) is 0 Å². The summed E-state index contributed by atoms with van der Waals surface area (Å²) >= 11 is 0. The quantitative estimate of drug-likeness (QED) is 0.890. The van der Waals surface area contributed by atoms with Gasteiger partial charge in [-0.3, -0.25) is 4.79 Å². The van der Waals surface area contributed by atoms with Crippen molar-refractivity contribution in [1.29, 1.82) is 0 Å². The topological polar surface area (TPSA) is 72.9 Å². The van der Waals surface area contributed by atoms with Crippen LogP contribution in [0.5, 0.6) is 0 Å². The molecule has 22 heavy (non-hydrogen) atoms. The first kappa shape index (κ1) is 16.2. The number of hydrogen-bond donors (Lipinski definition) is 2. The molecule has 0 saturated carbocycles. The lowest BCUT2D eigenvalue weighted by Crippen LogP contribution is -2.41. The van der Waals surface area contributed by atoms with Crippen LogP contribution in [0.1, 0.15) is 24.9 Å². The summed E-state index contributed by atoms with van der Waals surface area (Å²) < 4.78 is 14.3. The average molecular weight is 309 g/mol. The molecule has 1 aliphatic heterocycles. The van der Waals surface area contributed by atoms with Crippen molar-refractivity contribution in [1.82, 2.24) is 10.2 Å². The number of hydrogen-bond acceptors (Lipinski definition) is 3. The van der Waals surface area contributed by atoms with Crippen molar-refractivity contribution < 1.29 is 19.1 Å². The zero-order valence-corrected chi connectivity index (χ0v) is 12.8. The molecule has 2 rings (SSSR count). The average Bonchev–Trinajstić information content (AvgIpc) is 2.78. The fourth-order valence-electron chi connectivity index (χ4n) is 2.50. The number of nitrogens with one attached hydrogen (secondary N) is 1. The van der Waals surface area contributed by atoms with Crippen molar-refractivity contribution >= 4 is 17.7 Å². The van der Waals surface area contributed by atoms with Gasteiger partial charge < -0.3 is 20.2 Å². The first-order valence-corrected chi connectivity index (χ1v) is 7.08. The molecule has 2 atom stereocenters. The predicted molar refractivity (Wildman–Crippen MR) is 80.4 cm³/mol. The van der Waals surface area contributed by atoms with Crippen LogP contribution in [0.2, 0.25) is 0 Å². The van der Waals surface area contributed by atoms with Gasteiger partial charge >= 0.3 is 6.09 Å². The zero-order valence-electron chi connectivity index (χ0n) is 12.8. The Labute approximate surface area is 128 Å². The standard InChI is InChI=1S/C15H20FN3O3/c1-9(18(2)3)10-4-5-13(11(16)8-10)19-7-6-12(14(19)20)17-15(21)22/h4-5,8-9,12,17H,6-7H2,1-3H3,(H,21,22). The summed E-state index contributed by atoms with van der Waals surface area (Å²) in [6, 6.07) is 4.03. The molecule has 1 aliphatic rings. The predicted octanol–water partition coefficient (Wildman–Crippen LogP) is 1.82. The van der Waals surface area contributed by atoms with Crippen molar-refractivity contribution in [3.05, 3.63) is 29.6 Å². The van der Waals surface area contributed by atoms with E-state index in [1.807, 2.05) is 25.9 Å². The molecule has 0 aromatic heterocycles. The van der Waals surface area contributed by atoms with E-state index in [9.17, 15) is 14.0 Å². The second-order valence-corrected chi connectivity index (χ2v) is 5.63. The molecule has 0 spiro atoms. The summed E-state index contributed by atoms with van der Waals surface area (Å²) in [5.41, 5.74) is 1.01. The van der Waals surface area contributed by atoms with Crippen LogP contribution in [0, 0.1) is 5.82 Å². The molecule has 2 N–H and O–H groups in total. The summed E-state index contributed by atoms with van der Waals surface area (Å²) in [5, 5.41) is 10.8. The second kappa shape index (κ2) is 6.31. The number of amides is 2. The molecule has 1 saturated heterocycles. The van der Waals surface area contributed by atoms with Gasteiger partial charge in [0, 0.05) is 12.6 Å². The minimum atomic E-state index is -1.25. The van der Waals surface area contributed by atoms with E-state index >= 15 is 0 Å². The molecule has 2 unspecified atom stereocenters. The second-order valence-electron chi connectivity index (χ2n) is 5.63. The Morgan fingerprint density at radius 2 is 2.18 bits per heavy atom. The normalized spacial score (nSPS) is 19.6. The largest absolute Gasteiger partial charge is 0.465 e. The number of carboxylic acid groups (broad SMARTS) is 1. The van der Waals surface area contributed by atoms with E-state index in [2.05, 4.69) is 5.32 Å². The van der Waals surface area contributed by atoms with Gasteiger partial charge in [0.25, 0.3) is 0 Å². The van der Waals surface area contributed by atoms with Crippen molar-refractivity contribution in [3.8, 4) is 0 Å². The Morgan fingerprint density at radius 1 is 1.50 bits per heavy atom. The van der Waals surface area contributed by atoms with Crippen LogP contribution in [0.15, 0.2) is 18.2 Å². The summed E-state index contributed by atoms with van der Waals surface area (Å²) in [5.74, 6) is -0.898. The molecule has 6 nitrogen and oxygen atoms in total. The van der Waals surface area contributed by atoms with Crippen LogP contribution in [-0.4, -0.2) is 48.7 Å². The van der Waals surface area contributed by atoms with E-state index in [1.54, 1.807) is 12.1 Å². The van der Waals surface area contributed by atoms with Crippen LogP contribution in [0.4, 0.5) is 14.9 Å². The zero-order chi connectivity index (χ0) is 16.4. The third kappa shape index (κ3) is 3.19. The van der Waals surface area contributed by atoms with E-state index in [1.165, 1.54) is 11.0 Å². The highest BCUT2D eigenvalue weighted by Crippen LogP contribution is 2.28. The Hall–Kier alpha value is -2.15. The third-order valence-electron chi connectivity index (χ3n) is 4.02. The van der Waals surface area contributed by atoms with Crippen LogP contribution >= 0.6 is 0 Å².